The fraction of sp³-hybridized carbons (Fsp3) is 0.476. The van der Waals surface area contributed by atoms with Gasteiger partial charge in [-0.25, -0.2) is 0 Å². The van der Waals surface area contributed by atoms with Gasteiger partial charge in [0.05, 0.1) is 0 Å². The number of piperazine rings is 1. The molecule has 3 rings (SSSR count). The Bertz CT molecular complexity index is 897. The number of nitrogens with zero attached hydrogens (tertiary/aromatic N) is 2. The molecule has 1 aliphatic heterocycles. The normalized spacial score (nSPS) is 21.2. The Morgan fingerprint density at radius 3 is 2.62 bits per heavy atom. The summed E-state index contributed by atoms with van der Waals surface area (Å²) in [6, 6.07) is 8.63. The number of amidine groups is 1. The van der Waals surface area contributed by atoms with E-state index in [9.17, 15) is 4.79 Å². The second kappa shape index (κ2) is 9.00. The molecule has 0 radical (unpaired) electrons. The maximum absolute atomic E-state index is 12.5. The van der Waals surface area contributed by atoms with Crippen molar-refractivity contribution < 1.29 is 4.79 Å². The van der Waals surface area contributed by atoms with Gasteiger partial charge in [-0.1, -0.05) is 18.2 Å². The zero-order chi connectivity index (χ0) is 21.1. The van der Waals surface area contributed by atoms with Gasteiger partial charge in [0.1, 0.15) is 0 Å². The highest BCUT2D eigenvalue weighted by Gasteiger charge is 2.29. The van der Waals surface area contributed by atoms with Crippen LogP contribution in [-0.4, -0.2) is 69.2 Å². The molecule has 2 aromatic rings. The third-order valence-electron chi connectivity index (χ3n) is 5.63. The molecule has 1 amide bonds. The third kappa shape index (κ3) is 5.00. The number of para-hydroxylation sites is 1. The van der Waals surface area contributed by atoms with E-state index in [1.807, 2.05) is 36.2 Å². The van der Waals surface area contributed by atoms with Crippen LogP contribution in [0.1, 0.15) is 26.3 Å². The zero-order valence-corrected chi connectivity index (χ0v) is 18.3. The lowest BCUT2D eigenvalue weighted by atomic mass is 10.1. The van der Waals surface area contributed by atoms with Gasteiger partial charge in [-0.05, 0) is 57.6 Å². The largest absolute Gasteiger partial charge is 0.361 e. The summed E-state index contributed by atoms with van der Waals surface area (Å²) in [6.07, 6.45) is 2.65. The molecule has 1 aromatic heterocycles. The lowest BCUT2D eigenvalue weighted by molar-refractivity contribution is -0.115. The summed E-state index contributed by atoms with van der Waals surface area (Å²) >= 11 is 0.928. The van der Waals surface area contributed by atoms with Crippen LogP contribution in [-0.2, 0) is 11.2 Å². The number of aromatic amines is 1. The van der Waals surface area contributed by atoms with Crippen LogP contribution in [0.5, 0.6) is 0 Å². The number of nitrogens with one attached hydrogen (secondary N) is 4. The van der Waals surface area contributed by atoms with Crippen molar-refractivity contribution in [2.45, 2.75) is 45.3 Å². The first-order valence-electron chi connectivity index (χ1n) is 9.94. The molecule has 1 fully saturated rings. The van der Waals surface area contributed by atoms with E-state index >= 15 is 0 Å². The molecule has 1 unspecified atom stereocenters. The maximum Gasteiger partial charge on any atom is 0.276 e. The molecular formula is C21H30N6OS. The highest BCUT2D eigenvalue weighted by Crippen LogP contribution is 2.20. The molecule has 8 heteroatoms. The smallest absolute Gasteiger partial charge is 0.276 e. The van der Waals surface area contributed by atoms with Gasteiger partial charge >= 0.3 is 0 Å². The van der Waals surface area contributed by atoms with Crippen LogP contribution in [0.4, 0.5) is 0 Å². The summed E-state index contributed by atoms with van der Waals surface area (Å²) in [5.74, 6) is -0.428. The van der Waals surface area contributed by atoms with Gasteiger partial charge in [0, 0.05) is 48.3 Å². The minimum atomic E-state index is -0.428. The Balaban J connectivity index is 1.52. The highest BCUT2D eigenvalue weighted by molar-refractivity contribution is 8.27. The lowest BCUT2D eigenvalue weighted by Crippen LogP contribution is -2.56. The second-order valence-corrected chi connectivity index (χ2v) is 8.94. The van der Waals surface area contributed by atoms with Crippen LogP contribution in [0.15, 0.2) is 30.5 Å². The van der Waals surface area contributed by atoms with Gasteiger partial charge < -0.3 is 15.2 Å². The second-order valence-electron chi connectivity index (χ2n) is 7.94. The van der Waals surface area contributed by atoms with E-state index in [2.05, 4.69) is 42.2 Å². The lowest BCUT2D eigenvalue weighted by Gasteiger charge is -2.43. The fourth-order valence-electron chi connectivity index (χ4n) is 3.75. The number of fused-ring (bicyclic) bond motifs is 1. The number of carbonyl (C=O) groups excluding carboxylic acids is 1. The quantitative estimate of drug-likeness (QED) is 0.458. The van der Waals surface area contributed by atoms with E-state index in [1.54, 1.807) is 0 Å². The Morgan fingerprint density at radius 1 is 1.28 bits per heavy atom. The molecule has 0 aliphatic carbocycles. The molecule has 2 heterocycles. The van der Waals surface area contributed by atoms with E-state index in [1.165, 1.54) is 0 Å². The van der Waals surface area contributed by atoms with Crippen molar-refractivity contribution >= 4 is 38.8 Å². The van der Waals surface area contributed by atoms with E-state index in [0.717, 1.165) is 41.3 Å². The standard InChI is InChI=1S/C21H30N6OS/c1-13(9-16-10-24-18-8-6-5-7-17(16)18)25-20(28)19(22)29-21(23)27-11-14(2)26(4)15(3)12-27/h5-8,10,13-15,22-24H,9,11-12H2,1-4H3,(H,25,28)/t13?,14-,15+. The number of likely N-dealkylation sites (N-methyl/N-ethyl adjacent to an activating group) is 1. The van der Waals surface area contributed by atoms with E-state index in [-0.39, 0.29) is 16.3 Å². The first-order chi connectivity index (χ1) is 13.8. The van der Waals surface area contributed by atoms with Gasteiger partial charge in [-0.3, -0.25) is 20.5 Å². The molecule has 0 saturated carbocycles. The number of thioether (sulfide) groups is 1. The number of carbonyl (C=O) groups is 1. The SMILES string of the molecule is CC(Cc1c[nH]c2ccccc12)NC(=O)C(=N)SC(=N)N1C[C@@H](C)N(C)[C@@H](C)C1. The van der Waals surface area contributed by atoms with Crippen molar-refractivity contribution in [2.24, 2.45) is 0 Å². The predicted molar refractivity (Wildman–Crippen MR) is 121 cm³/mol. The number of rotatable bonds is 3. The Hall–Kier alpha value is -2.32. The molecule has 3 atom stereocenters. The summed E-state index contributed by atoms with van der Waals surface area (Å²) in [7, 11) is 2.09. The molecule has 1 aliphatic rings. The van der Waals surface area contributed by atoms with Crippen LogP contribution >= 0.6 is 11.8 Å². The van der Waals surface area contributed by atoms with Crippen LogP contribution in [0.25, 0.3) is 10.9 Å². The number of benzene rings is 1. The van der Waals surface area contributed by atoms with Crippen molar-refractivity contribution in [3.8, 4) is 0 Å². The topological polar surface area (TPSA) is 99.1 Å². The number of hydrogen-bond donors (Lipinski definition) is 4. The summed E-state index contributed by atoms with van der Waals surface area (Å²) in [5, 5.41) is 20.6. The Kier molecular flexibility index (Phi) is 6.64. The fourth-order valence-corrected chi connectivity index (χ4v) is 4.37. The molecule has 4 N–H and O–H groups in total. The van der Waals surface area contributed by atoms with E-state index in [0.29, 0.717) is 18.5 Å². The van der Waals surface area contributed by atoms with Crippen LogP contribution < -0.4 is 5.32 Å². The van der Waals surface area contributed by atoms with Crippen molar-refractivity contribution in [1.29, 1.82) is 10.8 Å². The van der Waals surface area contributed by atoms with Crippen molar-refractivity contribution in [3.05, 3.63) is 36.0 Å². The zero-order valence-electron chi connectivity index (χ0n) is 17.5. The summed E-state index contributed by atoms with van der Waals surface area (Å²) in [4.78, 5) is 19.9. The molecule has 1 saturated heterocycles. The molecule has 0 spiro atoms. The first kappa shape index (κ1) is 21.4. The van der Waals surface area contributed by atoms with Gasteiger partial charge in [-0.15, -0.1) is 0 Å². The molecule has 7 nitrogen and oxygen atoms in total. The average Bonchev–Trinajstić information content (AvgIpc) is 3.08. The number of amides is 1. The van der Waals surface area contributed by atoms with Crippen molar-refractivity contribution in [2.75, 3.05) is 20.1 Å². The van der Waals surface area contributed by atoms with Crippen LogP contribution in [0.3, 0.4) is 0 Å². The molecular weight excluding hydrogens is 384 g/mol. The Labute approximate surface area is 176 Å². The highest BCUT2D eigenvalue weighted by atomic mass is 32.2. The third-order valence-corrected chi connectivity index (χ3v) is 6.47. The number of hydrogen-bond acceptors (Lipinski definition) is 5. The first-order valence-corrected chi connectivity index (χ1v) is 10.8. The van der Waals surface area contributed by atoms with Gasteiger partial charge in [0.15, 0.2) is 10.2 Å². The molecule has 1 aromatic carbocycles. The van der Waals surface area contributed by atoms with Gasteiger partial charge in [0.2, 0.25) is 0 Å². The van der Waals surface area contributed by atoms with Crippen LogP contribution in [0.2, 0.25) is 0 Å². The molecule has 0 bridgehead atoms. The monoisotopic (exact) mass is 414 g/mol. The summed E-state index contributed by atoms with van der Waals surface area (Å²) < 4.78 is 0. The molecule has 156 valence electrons. The van der Waals surface area contributed by atoms with Crippen molar-refractivity contribution in [3.63, 3.8) is 0 Å². The van der Waals surface area contributed by atoms with Crippen molar-refractivity contribution in [1.82, 2.24) is 20.1 Å². The van der Waals surface area contributed by atoms with E-state index in [4.69, 9.17) is 10.8 Å². The average molecular weight is 415 g/mol. The van der Waals surface area contributed by atoms with Crippen LogP contribution in [0, 0.1) is 10.8 Å². The number of aromatic nitrogens is 1. The minimum Gasteiger partial charge on any atom is -0.361 e. The minimum absolute atomic E-state index is 0.111. The van der Waals surface area contributed by atoms with Gasteiger partial charge in [-0.2, -0.15) is 0 Å². The summed E-state index contributed by atoms with van der Waals surface area (Å²) in [5.41, 5.74) is 2.22. The maximum atomic E-state index is 12.5. The Morgan fingerprint density at radius 2 is 1.93 bits per heavy atom. The predicted octanol–water partition coefficient (Wildman–Crippen LogP) is 2.88. The summed E-state index contributed by atoms with van der Waals surface area (Å²) in [6.45, 7) is 7.67. The number of H-pyrrole nitrogens is 1. The molecule has 29 heavy (non-hydrogen) atoms. The van der Waals surface area contributed by atoms with E-state index < -0.39 is 5.91 Å². The van der Waals surface area contributed by atoms with Gasteiger partial charge in [0.25, 0.3) is 5.91 Å².